The van der Waals surface area contributed by atoms with E-state index in [1.165, 1.54) is 5.56 Å². The third-order valence-corrected chi connectivity index (χ3v) is 4.28. The molecule has 0 aliphatic carbocycles. The van der Waals surface area contributed by atoms with Crippen LogP contribution < -0.4 is 5.32 Å². The van der Waals surface area contributed by atoms with E-state index in [1.54, 1.807) is 24.2 Å². The maximum Gasteiger partial charge on any atom is 0.157 e. The Morgan fingerprint density at radius 3 is 2.80 bits per heavy atom. The van der Waals surface area contributed by atoms with Crippen LogP contribution in [0.25, 0.3) is 0 Å². The molecule has 2 aromatic rings. The number of nitrogens with zero attached hydrogens (tertiary/aromatic N) is 3. The van der Waals surface area contributed by atoms with Gasteiger partial charge in [-0.05, 0) is 12.5 Å². The zero-order chi connectivity index (χ0) is 13.8. The van der Waals surface area contributed by atoms with E-state index in [0.717, 1.165) is 23.1 Å². The van der Waals surface area contributed by atoms with Gasteiger partial charge in [0.1, 0.15) is 0 Å². The molecule has 1 aliphatic rings. The predicted molar refractivity (Wildman–Crippen MR) is 82.7 cm³/mol. The van der Waals surface area contributed by atoms with Gasteiger partial charge in [0, 0.05) is 6.20 Å². The van der Waals surface area contributed by atoms with Gasteiger partial charge >= 0.3 is 0 Å². The van der Waals surface area contributed by atoms with Gasteiger partial charge in [0.25, 0.3) is 0 Å². The van der Waals surface area contributed by atoms with Gasteiger partial charge in [-0.15, -0.1) is 0 Å². The Labute approximate surface area is 122 Å². The van der Waals surface area contributed by atoms with E-state index < -0.39 is 0 Å². The normalized spacial score (nSPS) is 17.9. The molecule has 0 amide bonds. The van der Waals surface area contributed by atoms with Gasteiger partial charge in [0.15, 0.2) is 5.17 Å². The molecule has 0 saturated heterocycles. The average molecular weight is 284 g/mol. The summed E-state index contributed by atoms with van der Waals surface area (Å²) in [5.41, 5.74) is 3.20. The van der Waals surface area contributed by atoms with Gasteiger partial charge in [-0.1, -0.05) is 42.1 Å². The van der Waals surface area contributed by atoms with Crippen LogP contribution >= 0.6 is 11.8 Å². The summed E-state index contributed by atoms with van der Waals surface area (Å²) in [7, 11) is 0. The molecule has 0 spiro atoms. The highest BCUT2D eigenvalue weighted by molar-refractivity contribution is 8.14. The number of hydrogen-bond donors (Lipinski definition) is 1. The van der Waals surface area contributed by atoms with E-state index >= 15 is 0 Å². The van der Waals surface area contributed by atoms with Crippen molar-refractivity contribution in [1.82, 2.24) is 15.3 Å². The number of thioether (sulfide) groups is 1. The Hall–Kier alpha value is -1.88. The van der Waals surface area contributed by atoms with Crippen LogP contribution in [0.15, 0.2) is 47.7 Å². The molecule has 0 saturated carbocycles. The summed E-state index contributed by atoms with van der Waals surface area (Å²) < 4.78 is 0. The number of amidine groups is 1. The van der Waals surface area contributed by atoms with Crippen molar-refractivity contribution < 1.29 is 0 Å². The fourth-order valence-corrected chi connectivity index (χ4v) is 3.01. The quantitative estimate of drug-likeness (QED) is 0.941. The summed E-state index contributed by atoms with van der Waals surface area (Å²) in [4.78, 5) is 13.1. The molecule has 1 aliphatic heterocycles. The van der Waals surface area contributed by atoms with Crippen LogP contribution in [0.1, 0.15) is 22.2 Å². The first-order chi connectivity index (χ1) is 9.81. The van der Waals surface area contributed by atoms with Crippen molar-refractivity contribution >= 4 is 16.9 Å². The van der Waals surface area contributed by atoms with Crippen LogP contribution in [0.4, 0.5) is 0 Å². The van der Waals surface area contributed by atoms with Crippen LogP contribution in [0, 0.1) is 6.92 Å². The van der Waals surface area contributed by atoms with E-state index in [-0.39, 0.29) is 0 Å². The van der Waals surface area contributed by atoms with Crippen molar-refractivity contribution in [2.45, 2.75) is 18.7 Å². The Kier molecular flexibility index (Phi) is 3.97. The molecule has 1 unspecified atom stereocenters. The smallest absolute Gasteiger partial charge is 0.157 e. The molecule has 3 rings (SSSR count). The van der Waals surface area contributed by atoms with Gasteiger partial charge in [0.05, 0.1) is 35.9 Å². The molecule has 20 heavy (non-hydrogen) atoms. The third kappa shape index (κ3) is 3.17. The van der Waals surface area contributed by atoms with Crippen LogP contribution in [-0.4, -0.2) is 21.7 Å². The second kappa shape index (κ2) is 6.05. The van der Waals surface area contributed by atoms with Gasteiger partial charge < -0.3 is 5.32 Å². The summed E-state index contributed by atoms with van der Waals surface area (Å²) in [6.07, 6.45) is 3.59. The zero-order valence-corrected chi connectivity index (χ0v) is 12.1. The lowest BCUT2D eigenvalue weighted by Gasteiger charge is -2.09. The highest BCUT2D eigenvalue weighted by atomic mass is 32.2. The lowest BCUT2D eigenvalue weighted by molar-refractivity contribution is 0.859. The first-order valence-electron chi connectivity index (χ1n) is 6.59. The average Bonchev–Trinajstić information content (AvgIpc) is 2.97. The maximum atomic E-state index is 4.55. The largest absolute Gasteiger partial charge is 0.359 e. The molecule has 1 N–H and O–H groups in total. The first-order valence-corrected chi connectivity index (χ1v) is 7.46. The Morgan fingerprint density at radius 1 is 1.20 bits per heavy atom. The first kappa shape index (κ1) is 13.1. The van der Waals surface area contributed by atoms with Crippen molar-refractivity contribution in [1.29, 1.82) is 0 Å². The van der Waals surface area contributed by atoms with Gasteiger partial charge in [-0.3, -0.25) is 15.0 Å². The molecule has 5 heteroatoms. The Morgan fingerprint density at radius 2 is 2.05 bits per heavy atom. The number of aromatic nitrogens is 2. The standard InChI is InChI=1S/C15H16N4S/c1-11-7-17-13(8-16-11)9-18-15-19-10-14(20-15)12-5-3-2-4-6-12/h2-8,14H,9-10H2,1H3,(H,18,19). The summed E-state index contributed by atoms with van der Waals surface area (Å²) in [5, 5.41) is 4.73. The molecular weight excluding hydrogens is 268 g/mol. The van der Waals surface area contributed by atoms with Crippen LogP contribution in [0.5, 0.6) is 0 Å². The molecule has 4 nitrogen and oxygen atoms in total. The molecule has 0 radical (unpaired) electrons. The van der Waals surface area contributed by atoms with E-state index in [1.807, 2.05) is 13.0 Å². The molecule has 1 aromatic heterocycles. The third-order valence-electron chi connectivity index (χ3n) is 3.08. The Bertz CT molecular complexity index is 595. The monoisotopic (exact) mass is 284 g/mol. The summed E-state index contributed by atoms with van der Waals surface area (Å²) in [6.45, 7) is 3.43. The molecule has 102 valence electrons. The zero-order valence-electron chi connectivity index (χ0n) is 11.3. The molecule has 1 aromatic carbocycles. The maximum absolute atomic E-state index is 4.55. The number of hydrogen-bond acceptors (Lipinski definition) is 5. The topological polar surface area (TPSA) is 50.2 Å². The number of aliphatic imine (C=N–C) groups is 1. The number of aryl methyl sites for hydroxylation is 1. The fraction of sp³-hybridized carbons (Fsp3) is 0.267. The minimum Gasteiger partial charge on any atom is -0.359 e. The van der Waals surface area contributed by atoms with Gasteiger partial charge in [0.2, 0.25) is 0 Å². The number of rotatable bonds is 3. The lowest BCUT2D eigenvalue weighted by atomic mass is 10.1. The highest BCUT2D eigenvalue weighted by Crippen LogP contribution is 2.34. The van der Waals surface area contributed by atoms with Crippen LogP contribution in [-0.2, 0) is 6.54 Å². The van der Waals surface area contributed by atoms with Crippen molar-refractivity contribution in [2.75, 3.05) is 6.54 Å². The van der Waals surface area contributed by atoms with E-state index in [2.05, 4.69) is 44.5 Å². The second-order valence-electron chi connectivity index (χ2n) is 4.67. The van der Waals surface area contributed by atoms with Crippen molar-refractivity contribution in [3.8, 4) is 0 Å². The van der Waals surface area contributed by atoms with Crippen molar-refractivity contribution in [3.63, 3.8) is 0 Å². The van der Waals surface area contributed by atoms with Crippen molar-refractivity contribution in [2.24, 2.45) is 4.99 Å². The molecular formula is C15H16N4S. The fourth-order valence-electron chi connectivity index (χ4n) is 1.99. The highest BCUT2D eigenvalue weighted by Gasteiger charge is 2.20. The lowest BCUT2D eigenvalue weighted by Crippen LogP contribution is -2.19. The number of nitrogens with one attached hydrogen (secondary N) is 1. The van der Waals surface area contributed by atoms with Crippen LogP contribution in [0.3, 0.4) is 0 Å². The van der Waals surface area contributed by atoms with Crippen LogP contribution in [0.2, 0.25) is 0 Å². The second-order valence-corrected chi connectivity index (χ2v) is 5.86. The Balaban J connectivity index is 1.54. The molecule has 0 bridgehead atoms. The molecule has 0 fully saturated rings. The molecule has 1 atom stereocenters. The van der Waals surface area contributed by atoms with Gasteiger partial charge in [-0.25, -0.2) is 0 Å². The predicted octanol–water partition coefficient (Wildman–Crippen LogP) is 2.72. The summed E-state index contributed by atoms with van der Waals surface area (Å²) in [5.74, 6) is 0. The number of benzene rings is 1. The minimum absolute atomic E-state index is 0.419. The molecule has 2 heterocycles. The van der Waals surface area contributed by atoms with Crippen molar-refractivity contribution in [3.05, 3.63) is 59.7 Å². The minimum atomic E-state index is 0.419. The summed E-state index contributed by atoms with van der Waals surface area (Å²) in [6, 6.07) is 10.5. The van der Waals surface area contributed by atoms with E-state index in [4.69, 9.17) is 0 Å². The van der Waals surface area contributed by atoms with E-state index in [9.17, 15) is 0 Å². The van der Waals surface area contributed by atoms with E-state index in [0.29, 0.717) is 11.8 Å². The SMILES string of the molecule is Cc1cnc(CNC2=NCC(c3ccccc3)S2)cn1. The van der Waals surface area contributed by atoms with Gasteiger partial charge in [-0.2, -0.15) is 0 Å². The summed E-state index contributed by atoms with van der Waals surface area (Å²) >= 11 is 1.78.